The molecule has 0 aliphatic rings. The molecule has 0 bridgehead atoms. The van der Waals surface area contributed by atoms with Gasteiger partial charge in [0.05, 0.1) is 13.1 Å². The summed E-state index contributed by atoms with van der Waals surface area (Å²) in [6, 6.07) is 7.88. The molecule has 3 heteroatoms. The van der Waals surface area contributed by atoms with E-state index >= 15 is 0 Å². The molecular formula is C10H14N2O. The molecule has 0 spiro atoms. The molecule has 0 aromatic heterocycles. The van der Waals surface area contributed by atoms with E-state index in [0.717, 1.165) is 5.69 Å². The molecule has 0 unspecified atom stereocenters. The summed E-state index contributed by atoms with van der Waals surface area (Å²) >= 11 is 0. The number of rotatable bonds is 4. The zero-order valence-electron chi connectivity index (χ0n) is 7.71. The number of hydrogen-bond acceptors (Lipinski definition) is 3. The van der Waals surface area contributed by atoms with E-state index < -0.39 is 0 Å². The predicted octanol–water partition coefficient (Wildman–Crippen LogP) is 0.935. The van der Waals surface area contributed by atoms with Crippen LogP contribution in [0.3, 0.4) is 0 Å². The van der Waals surface area contributed by atoms with Crippen molar-refractivity contribution in [3.05, 3.63) is 29.8 Å². The van der Waals surface area contributed by atoms with E-state index in [4.69, 9.17) is 5.73 Å². The Balaban J connectivity index is 2.50. The highest BCUT2D eigenvalue weighted by Gasteiger charge is 1.97. The van der Waals surface area contributed by atoms with Crippen LogP contribution in [0.25, 0.3) is 0 Å². The van der Waals surface area contributed by atoms with E-state index in [0.29, 0.717) is 6.54 Å². The van der Waals surface area contributed by atoms with Crippen molar-refractivity contribution < 1.29 is 4.79 Å². The second-order valence-electron chi connectivity index (χ2n) is 2.97. The Kier molecular flexibility index (Phi) is 3.46. The Bertz CT molecular complexity index is 297. The number of Topliss-reactive ketones (excluding diaryl/α,β-unsaturated/α-hetero) is 1. The summed E-state index contributed by atoms with van der Waals surface area (Å²) in [7, 11) is 0. The molecule has 0 saturated heterocycles. The number of ketones is 1. The molecule has 1 aromatic rings. The quantitative estimate of drug-likeness (QED) is 0.721. The third-order valence-corrected chi connectivity index (χ3v) is 1.74. The van der Waals surface area contributed by atoms with Crippen LogP contribution in [0, 0.1) is 6.92 Å². The molecule has 0 aliphatic carbocycles. The van der Waals surface area contributed by atoms with E-state index in [1.54, 1.807) is 0 Å². The van der Waals surface area contributed by atoms with Crippen LogP contribution in [0.15, 0.2) is 24.3 Å². The maximum absolute atomic E-state index is 10.9. The lowest BCUT2D eigenvalue weighted by molar-refractivity contribution is -0.116. The van der Waals surface area contributed by atoms with Crippen LogP contribution in [0.1, 0.15) is 5.56 Å². The Labute approximate surface area is 77.9 Å². The molecular weight excluding hydrogens is 164 g/mol. The van der Waals surface area contributed by atoms with Gasteiger partial charge in [0.25, 0.3) is 0 Å². The average Bonchev–Trinajstić information content (AvgIpc) is 2.14. The monoisotopic (exact) mass is 178 g/mol. The number of benzene rings is 1. The maximum atomic E-state index is 10.9. The molecule has 1 aromatic carbocycles. The van der Waals surface area contributed by atoms with Crippen molar-refractivity contribution >= 4 is 11.5 Å². The topological polar surface area (TPSA) is 55.1 Å². The number of hydrogen-bond donors (Lipinski definition) is 2. The minimum absolute atomic E-state index is 0.0153. The van der Waals surface area contributed by atoms with Gasteiger partial charge in [0.15, 0.2) is 5.78 Å². The van der Waals surface area contributed by atoms with Crippen LogP contribution in [-0.2, 0) is 4.79 Å². The number of aryl methyl sites for hydroxylation is 1. The summed E-state index contributed by atoms with van der Waals surface area (Å²) in [4.78, 5) is 10.9. The Hall–Kier alpha value is -1.35. The fourth-order valence-electron chi connectivity index (χ4n) is 1.03. The van der Waals surface area contributed by atoms with Crippen molar-refractivity contribution in [3.63, 3.8) is 0 Å². The third kappa shape index (κ3) is 3.25. The molecule has 70 valence electrons. The fourth-order valence-corrected chi connectivity index (χ4v) is 1.03. The lowest BCUT2D eigenvalue weighted by Crippen LogP contribution is -2.22. The highest BCUT2D eigenvalue weighted by molar-refractivity contribution is 5.84. The average molecular weight is 178 g/mol. The zero-order valence-corrected chi connectivity index (χ0v) is 7.71. The van der Waals surface area contributed by atoms with E-state index in [2.05, 4.69) is 5.32 Å². The highest BCUT2D eigenvalue weighted by atomic mass is 16.1. The van der Waals surface area contributed by atoms with Crippen LogP contribution < -0.4 is 11.1 Å². The Morgan fingerprint density at radius 3 is 2.92 bits per heavy atom. The predicted molar refractivity (Wildman–Crippen MR) is 53.7 cm³/mol. The summed E-state index contributed by atoms with van der Waals surface area (Å²) < 4.78 is 0. The van der Waals surface area contributed by atoms with Crippen molar-refractivity contribution in [3.8, 4) is 0 Å². The molecule has 0 heterocycles. The van der Waals surface area contributed by atoms with Crippen molar-refractivity contribution in [1.82, 2.24) is 0 Å². The van der Waals surface area contributed by atoms with Gasteiger partial charge in [-0.05, 0) is 24.6 Å². The smallest absolute Gasteiger partial charge is 0.165 e. The third-order valence-electron chi connectivity index (χ3n) is 1.74. The van der Waals surface area contributed by atoms with Gasteiger partial charge in [-0.3, -0.25) is 4.79 Å². The number of carbonyl (C=O) groups excluding carboxylic acids is 1. The van der Waals surface area contributed by atoms with Crippen LogP contribution in [0.5, 0.6) is 0 Å². The Morgan fingerprint density at radius 2 is 2.31 bits per heavy atom. The van der Waals surface area contributed by atoms with Gasteiger partial charge in [-0.15, -0.1) is 0 Å². The van der Waals surface area contributed by atoms with Crippen LogP contribution in [0.2, 0.25) is 0 Å². The summed E-state index contributed by atoms with van der Waals surface area (Å²) in [5.41, 5.74) is 7.31. The summed E-state index contributed by atoms with van der Waals surface area (Å²) in [5.74, 6) is 0.0153. The fraction of sp³-hybridized carbons (Fsp3) is 0.300. The maximum Gasteiger partial charge on any atom is 0.165 e. The second-order valence-corrected chi connectivity index (χ2v) is 2.97. The largest absolute Gasteiger partial charge is 0.378 e. The molecule has 13 heavy (non-hydrogen) atoms. The standard InChI is InChI=1S/C10H14N2O/c1-8-3-2-4-9(5-8)12-7-10(13)6-11/h2-5,12H,6-7,11H2,1H3. The zero-order chi connectivity index (χ0) is 9.68. The first-order valence-corrected chi connectivity index (χ1v) is 4.24. The normalized spacial score (nSPS) is 9.69. The van der Waals surface area contributed by atoms with Crippen LogP contribution in [0.4, 0.5) is 5.69 Å². The molecule has 1 rings (SSSR count). The minimum Gasteiger partial charge on any atom is -0.378 e. The van der Waals surface area contributed by atoms with E-state index in [1.165, 1.54) is 5.56 Å². The van der Waals surface area contributed by atoms with Crippen molar-refractivity contribution in [2.45, 2.75) is 6.92 Å². The first-order chi connectivity index (χ1) is 6.22. The molecule has 0 fully saturated rings. The number of nitrogens with two attached hydrogens (primary N) is 1. The van der Waals surface area contributed by atoms with Gasteiger partial charge in [0, 0.05) is 5.69 Å². The van der Waals surface area contributed by atoms with Crippen LogP contribution in [-0.4, -0.2) is 18.9 Å². The first kappa shape index (κ1) is 9.74. The molecule has 3 nitrogen and oxygen atoms in total. The van der Waals surface area contributed by atoms with Crippen LogP contribution >= 0.6 is 0 Å². The van der Waals surface area contributed by atoms with E-state index in [-0.39, 0.29) is 12.3 Å². The lowest BCUT2D eigenvalue weighted by Gasteiger charge is -2.04. The van der Waals surface area contributed by atoms with Crippen molar-refractivity contribution in [2.75, 3.05) is 18.4 Å². The molecule has 0 radical (unpaired) electrons. The van der Waals surface area contributed by atoms with E-state index in [9.17, 15) is 4.79 Å². The van der Waals surface area contributed by atoms with Gasteiger partial charge >= 0.3 is 0 Å². The van der Waals surface area contributed by atoms with Gasteiger partial charge in [0.2, 0.25) is 0 Å². The first-order valence-electron chi connectivity index (χ1n) is 4.24. The van der Waals surface area contributed by atoms with Gasteiger partial charge in [0.1, 0.15) is 0 Å². The second kappa shape index (κ2) is 4.62. The molecule has 3 N–H and O–H groups in total. The number of carbonyl (C=O) groups is 1. The molecule has 0 amide bonds. The summed E-state index contributed by atoms with van der Waals surface area (Å²) in [6.45, 7) is 2.41. The SMILES string of the molecule is Cc1cccc(NCC(=O)CN)c1. The highest BCUT2D eigenvalue weighted by Crippen LogP contribution is 2.08. The minimum atomic E-state index is 0.0153. The van der Waals surface area contributed by atoms with Gasteiger partial charge in [-0.2, -0.15) is 0 Å². The molecule has 0 aliphatic heterocycles. The number of nitrogens with one attached hydrogen (secondary N) is 1. The molecule has 0 atom stereocenters. The van der Waals surface area contributed by atoms with E-state index in [1.807, 2.05) is 31.2 Å². The summed E-state index contributed by atoms with van der Waals surface area (Å²) in [6.07, 6.45) is 0. The lowest BCUT2D eigenvalue weighted by atomic mass is 10.2. The van der Waals surface area contributed by atoms with Gasteiger partial charge in [-0.1, -0.05) is 12.1 Å². The van der Waals surface area contributed by atoms with Crippen molar-refractivity contribution in [1.29, 1.82) is 0 Å². The summed E-state index contributed by atoms with van der Waals surface area (Å²) in [5, 5.41) is 3.01. The van der Waals surface area contributed by atoms with Crippen molar-refractivity contribution in [2.24, 2.45) is 5.73 Å². The van der Waals surface area contributed by atoms with Gasteiger partial charge in [-0.25, -0.2) is 0 Å². The number of anilines is 1. The Morgan fingerprint density at radius 1 is 1.54 bits per heavy atom. The molecule has 0 saturated carbocycles. The van der Waals surface area contributed by atoms with Gasteiger partial charge < -0.3 is 11.1 Å².